The van der Waals surface area contributed by atoms with Crippen LogP contribution in [0.5, 0.6) is 0 Å². The Labute approximate surface area is 130 Å². The Kier molecular flexibility index (Phi) is 4.73. The Morgan fingerprint density at radius 1 is 1.36 bits per heavy atom. The van der Waals surface area contributed by atoms with Crippen LogP contribution in [0.15, 0.2) is 24.3 Å². The Hall–Kier alpha value is -1.88. The predicted molar refractivity (Wildman–Crippen MR) is 85.9 cm³/mol. The SMILES string of the molecule is CCCOC1CCCN(C(=O)c2n[nH]c3ccccc23)CC1. The van der Waals surface area contributed by atoms with E-state index in [1.54, 1.807) is 0 Å². The molecule has 1 N–H and O–H groups in total. The summed E-state index contributed by atoms with van der Waals surface area (Å²) in [5.74, 6) is 0.0218. The lowest BCUT2D eigenvalue weighted by atomic mass is 10.1. The molecule has 1 aliphatic rings. The number of nitrogens with one attached hydrogen (secondary N) is 1. The smallest absolute Gasteiger partial charge is 0.274 e. The minimum absolute atomic E-state index is 0.0218. The number of aromatic nitrogens is 2. The number of rotatable bonds is 4. The van der Waals surface area contributed by atoms with E-state index >= 15 is 0 Å². The lowest BCUT2D eigenvalue weighted by Crippen LogP contribution is -2.32. The normalized spacial score (nSPS) is 19.3. The second kappa shape index (κ2) is 6.92. The Morgan fingerprint density at radius 2 is 2.23 bits per heavy atom. The number of amides is 1. The minimum atomic E-state index is 0.0218. The molecule has 1 aromatic carbocycles. The van der Waals surface area contributed by atoms with Gasteiger partial charge in [0.15, 0.2) is 5.69 Å². The number of likely N-dealkylation sites (tertiary alicyclic amines) is 1. The van der Waals surface area contributed by atoms with Crippen LogP contribution in [0.2, 0.25) is 0 Å². The van der Waals surface area contributed by atoms with E-state index in [-0.39, 0.29) is 12.0 Å². The zero-order valence-corrected chi connectivity index (χ0v) is 13.0. The second-order valence-electron chi connectivity index (χ2n) is 5.83. The summed E-state index contributed by atoms with van der Waals surface area (Å²) in [6.45, 7) is 4.46. The molecular formula is C17H23N3O2. The minimum Gasteiger partial charge on any atom is -0.378 e. The number of H-pyrrole nitrogens is 1. The summed E-state index contributed by atoms with van der Waals surface area (Å²) in [7, 11) is 0. The van der Waals surface area contributed by atoms with Crippen molar-refractivity contribution < 1.29 is 9.53 Å². The highest BCUT2D eigenvalue weighted by molar-refractivity contribution is 6.04. The largest absolute Gasteiger partial charge is 0.378 e. The monoisotopic (exact) mass is 301 g/mol. The van der Waals surface area contributed by atoms with Gasteiger partial charge in [0.1, 0.15) is 0 Å². The van der Waals surface area contributed by atoms with Crippen molar-refractivity contribution in [1.82, 2.24) is 15.1 Å². The van der Waals surface area contributed by atoms with Gasteiger partial charge in [0.05, 0.1) is 11.6 Å². The number of carbonyl (C=O) groups is 1. The fourth-order valence-electron chi connectivity index (χ4n) is 3.00. The van der Waals surface area contributed by atoms with Crippen LogP contribution in [0.4, 0.5) is 0 Å². The van der Waals surface area contributed by atoms with Crippen molar-refractivity contribution in [1.29, 1.82) is 0 Å². The van der Waals surface area contributed by atoms with Crippen molar-refractivity contribution in [3.05, 3.63) is 30.0 Å². The van der Waals surface area contributed by atoms with E-state index in [1.807, 2.05) is 29.2 Å². The van der Waals surface area contributed by atoms with E-state index in [2.05, 4.69) is 17.1 Å². The molecule has 22 heavy (non-hydrogen) atoms. The van der Waals surface area contributed by atoms with Crippen molar-refractivity contribution in [2.75, 3.05) is 19.7 Å². The standard InChI is InChI=1S/C17H23N3O2/c1-2-12-22-13-6-5-10-20(11-9-13)17(21)16-14-7-3-4-8-15(14)18-19-16/h3-4,7-8,13H,2,5-6,9-12H2,1H3,(H,18,19). The van der Waals surface area contributed by atoms with Crippen LogP contribution in [0.25, 0.3) is 10.9 Å². The van der Waals surface area contributed by atoms with E-state index in [0.717, 1.165) is 56.3 Å². The average Bonchev–Trinajstić information content (AvgIpc) is 2.83. The zero-order valence-electron chi connectivity index (χ0n) is 13.0. The number of benzene rings is 1. The molecule has 5 nitrogen and oxygen atoms in total. The molecule has 1 fully saturated rings. The molecule has 2 aromatic rings. The first kappa shape index (κ1) is 15.0. The molecule has 0 radical (unpaired) electrons. The van der Waals surface area contributed by atoms with Gasteiger partial charge < -0.3 is 9.64 Å². The van der Waals surface area contributed by atoms with Crippen molar-refractivity contribution in [2.24, 2.45) is 0 Å². The molecule has 1 amide bonds. The van der Waals surface area contributed by atoms with E-state index in [1.165, 1.54) is 0 Å². The van der Waals surface area contributed by atoms with Gasteiger partial charge in [-0.15, -0.1) is 0 Å². The summed E-state index contributed by atoms with van der Waals surface area (Å²) < 4.78 is 5.84. The lowest BCUT2D eigenvalue weighted by molar-refractivity contribution is 0.0432. The number of aromatic amines is 1. The maximum Gasteiger partial charge on any atom is 0.274 e. The Bertz CT molecular complexity index is 638. The van der Waals surface area contributed by atoms with Crippen molar-refractivity contribution in [3.63, 3.8) is 0 Å². The number of hydrogen-bond donors (Lipinski definition) is 1. The van der Waals surface area contributed by atoms with Crippen molar-refractivity contribution in [3.8, 4) is 0 Å². The molecule has 1 atom stereocenters. The fourth-order valence-corrected chi connectivity index (χ4v) is 3.00. The molecule has 118 valence electrons. The summed E-state index contributed by atoms with van der Waals surface area (Å²) >= 11 is 0. The Morgan fingerprint density at radius 3 is 3.09 bits per heavy atom. The summed E-state index contributed by atoms with van der Waals surface area (Å²) in [6.07, 6.45) is 4.26. The van der Waals surface area contributed by atoms with Gasteiger partial charge in [0, 0.05) is 25.1 Å². The van der Waals surface area contributed by atoms with Gasteiger partial charge in [-0.2, -0.15) is 5.10 Å². The summed E-state index contributed by atoms with van der Waals surface area (Å²) in [5, 5.41) is 8.06. The van der Waals surface area contributed by atoms with Crippen molar-refractivity contribution >= 4 is 16.8 Å². The number of para-hydroxylation sites is 1. The number of nitrogens with zero attached hydrogens (tertiary/aromatic N) is 2. The topological polar surface area (TPSA) is 58.2 Å². The first-order valence-corrected chi connectivity index (χ1v) is 8.13. The molecule has 1 aliphatic heterocycles. The molecular weight excluding hydrogens is 278 g/mol. The van der Waals surface area contributed by atoms with Crippen LogP contribution in [0.3, 0.4) is 0 Å². The molecule has 1 aromatic heterocycles. The summed E-state index contributed by atoms with van der Waals surface area (Å²) in [5.41, 5.74) is 1.44. The molecule has 3 rings (SSSR count). The third-order valence-electron chi connectivity index (χ3n) is 4.19. The van der Waals surface area contributed by atoms with Gasteiger partial charge in [-0.3, -0.25) is 9.89 Å². The summed E-state index contributed by atoms with van der Waals surface area (Å²) in [4.78, 5) is 14.7. The highest BCUT2D eigenvalue weighted by atomic mass is 16.5. The molecule has 2 heterocycles. The van der Waals surface area contributed by atoms with Gasteiger partial charge in [0.25, 0.3) is 5.91 Å². The summed E-state index contributed by atoms with van der Waals surface area (Å²) in [6, 6.07) is 7.76. The van der Waals surface area contributed by atoms with E-state index in [4.69, 9.17) is 4.74 Å². The molecule has 0 aliphatic carbocycles. The third-order valence-corrected chi connectivity index (χ3v) is 4.19. The highest BCUT2D eigenvalue weighted by Gasteiger charge is 2.24. The van der Waals surface area contributed by atoms with Gasteiger partial charge in [-0.05, 0) is 31.7 Å². The maximum atomic E-state index is 12.8. The molecule has 0 bridgehead atoms. The van der Waals surface area contributed by atoms with Crippen LogP contribution >= 0.6 is 0 Å². The zero-order chi connectivity index (χ0) is 15.4. The number of fused-ring (bicyclic) bond motifs is 1. The van der Waals surface area contributed by atoms with E-state index in [0.29, 0.717) is 5.69 Å². The lowest BCUT2D eigenvalue weighted by Gasteiger charge is -2.19. The van der Waals surface area contributed by atoms with Crippen LogP contribution in [-0.2, 0) is 4.74 Å². The number of hydrogen-bond acceptors (Lipinski definition) is 3. The maximum absolute atomic E-state index is 12.8. The molecule has 0 saturated carbocycles. The molecule has 1 saturated heterocycles. The van der Waals surface area contributed by atoms with E-state index in [9.17, 15) is 4.79 Å². The average molecular weight is 301 g/mol. The quantitative estimate of drug-likeness (QED) is 0.944. The molecule has 5 heteroatoms. The number of ether oxygens (including phenoxy) is 1. The van der Waals surface area contributed by atoms with Crippen molar-refractivity contribution in [2.45, 2.75) is 38.7 Å². The molecule has 1 unspecified atom stereocenters. The van der Waals surface area contributed by atoms with Gasteiger partial charge in [-0.25, -0.2) is 0 Å². The van der Waals surface area contributed by atoms with Crippen LogP contribution in [0, 0.1) is 0 Å². The Balaban J connectivity index is 1.70. The van der Waals surface area contributed by atoms with E-state index < -0.39 is 0 Å². The predicted octanol–water partition coefficient (Wildman–Crippen LogP) is 2.98. The van der Waals surface area contributed by atoms with Gasteiger partial charge in [-0.1, -0.05) is 25.1 Å². The fraction of sp³-hybridized carbons (Fsp3) is 0.529. The van der Waals surface area contributed by atoms with Crippen LogP contribution < -0.4 is 0 Å². The van der Waals surface area contributed by atoms with Crippen LogP contribution in [0.1, 0.15) is 43.1 Å². The second-order valence-corrected chi connectivity index (χ2v) is 5.83. The third kappa shape index (κ3) is 3.14. The molecule has 0 spiro atoms. The highest BCUT2D eigenvalue weighted by Crippen LogP contribution is 2.20. The van der Waals surface area contributed by atoms with Gasteiger partial charge >= 0.3 is 0 Å². The van der Waals surface area contributed by atoms with Gasteiger partial charge in [0.2, 0.25) is 0 Å². The first-order valence-electron chi connectivity index (χ1n) is 8.13. The first-order chi connectivity index (χ1) is 10.8. The van der Waals surface area contributed by atoms with Crippen LogP contribution in [-0.4, -0.2) is 46.8 Å². The number of carbonyl (C=O) groups excluding carboxylic acids is 1.